The van der Waals surface area contributed by atoms with Crippen molar-refractivity contribution in [1.82, 2.24) is 0 Å². The summed E-state index contributed by atoms with van der Waals surface area (Å²) < 4.78 is 4.34. The summed E-state index contributed by atoms with van der Waals surface area (Å²) in [4.78, 5) is 32.1. The average molecular weight is 186 g/mol. The fraction of sp³-hybridized carbons (Fsp3) is 0.625. The first-order valence-corrected chi connectivity index (χ1v) is 3.97. The van der Waals surface area contributed by atoms with E-state index in [1.165, 1.54) is 0 Å². The number of hydrogen-bond acceptors (Lipinski definition) is 4. The highest BCUT2D eigenvalue weighted by Gasteiger charge is 2.35. The molecule has 0 radical (unpaired) electrons. The third kappa shape index (κ3) is 2.27. The van der Waals surface area contributed by atoms with Crippen LogP contribution in [0.5, 0.6) is 0 Å². The van der Waals surface area contributed by atoms with Crippen LogP contribution in [0.4, 0.5) is 0 Å². The van der Waals surface area contributed by atoms with Crippen LogP contribution in [-0.2, 0) is 19.1 Å². The molecule has 2 unspecified atom stereocenters. The fourth-order valence-electron chi connectivity index (χ4n) is 1.30. The van der Waals surface area contributed by atoms with E-state index in [0.29, 0.717) is 0 Å². The van der Waals surface area contributed by atoms with Crippen LogP contribution in [0.2, 0.25) is 0 Å². The molecule has 0 spiro atoms. The summed E-state index contributed by atoms with van der Waals surface area (Å²) in [5.74, 6) is -3.18. The highest BCUT2D eigenvalue weighted by molar-refractivity contribution is 5.90. The largest absolute Gasteiger partial charge is 0.481 e. The van der Waals surface area contributed by atoms with Crippen LogP contribution >= 0.6 is 0 Å². The minimum absolute atomic E-state index is 0.0131. The molecular weight excluding hydrogens is 176 g/mol. The van der Waals surface area contributed by atoms with Crippen molar-refractivity contribution >= 4 is 17.9 Å². The molecule has 0 amide bonds. The van der Waals surface area contributed by atoms with Gasteiger partial charge in [0.1, 0.15) is 0 Å². The number of carboxylic acids is 1. The van der Waals surface area contributed by atoms with Crippen molar-refractivity contribution in [1.29, 1.82) is 0 Å². The van der Waals surface area contributed by atoms with E-state index in [1.807, 2.05) is 0 Å². The number of hydrogen-bond donors (Lipinski definition) is 1. The number of rotatable bonds is 2. The van der Waals surface area contributed by atoms with Gasteiger partial charge < -0.3 is 9.84 Å². The van der Waals surface area contributed by atoms with E-state index in [2.05, 4.69) is 4.74 Å². The van der Waals surface area contributed by atoms with Crippen LogP contribution in [0, 0.1) is 11.8 Å². The average Bonchev–Trinajstić information content (AvgIpc) is 1.98. The van der Waals surface area contributed by atoms with Gasteiger partial charge in [-0.05, 0) is 5.92 Å². The van der Waals surface area contributed by atoms with Crippen LogP contribution in [0.15, 0.2) is 0 Å². The van der Waals surface area contributed by atoms with Gasteiger partial charge in [-0.3, -0.25) is 14.4 Å². The third-order valence-electron chi connectivity index (χ3n) is 2.16. The Morgan fingerprint density at radius 3 is 2.77 bits per heavy atom. The predicted octanol–water partition coefficient (Wildman–Crippen LogP) is 0.187. The zero-order valence-corrected chi connectivity index (χ0v) is 7.15. The Balaban J connectivity index is 2.66. The lowest BCUT2D eigenvalue weighted by Gasteiger charge is -2.24. The molecule has 1 heterocycles. The third-order valence-corrected chi connectivity index (χ3v) is 2.16. The SMILES string of the molecule is CC1C(=O)OC(=O)CC1CC(=O)O. The minimum Gasteiger partial charge on any atom is -0.481 e. The van der Waals surface area contributed by atoms with Gasteiger partial charge in [-0.25, -0.2) is 0 Å². The summed E-state index contributed by atoms with van der Waals surface area (Å²) >= 11 is 0. The molecule has 5 heteroatoms. The summed E-state index contributed by atoms with van der Waals surface area (Å²) in [7, 11) is 0. The summed E-state index contributed by atoms with van der Waals surface area (Å²) in [6, 6.07) is 0. The maximum atomic E-state index is 11.0. The molecule has 1 aliphatic heterocycles. The fourth-order valence-corrected chi connectivity index (χ4v) is 1.30. The molecule has 72 valence electrons. The van der Waals surface area contributed by atoms with Crippen LogP contribution in [0.25, 0.3) is 0 Å². The highest BCUT2D eigenvalue weighted by atomic mass is 16.6. The van der Waals surface area contributed by atoms with E-state index in [1.54, 1.807) is 6.92 Å². The van der Waals surface area contributed by atoms with Gasteiger partial charge >= 0.3 is 17.9 Å². The normalized spacial score (nSPS) is 28.4. The topological polar surface area (TPSA) is 80.7 Å². The van der Waals surface area contributed by atoms with Gasteiger partial charge in [0.05, 0.1) is 12.3 Å². The van der Waals surface area contributed by atoms with E-state index in [-0.39, 0.29) is 12.8 Å². The summed E-state index contributed by atoms with van der Waals surface area (Å²) in [6.07, 6.45) is -0.152. The van der Waals surface area contributed by atoms with E-state index >= 15 is 0 Å². The predicted molar refractivity (Wildman–Crippen MR) is 40.6 cm³/mol. The van der Waals surface area contributed by atoms with E-state index in [0.717, 1.165) is 0 Å². The number of carboxylic acid groups (broad SMARTS) is 1. The van der Waals surface area contributed by atoms with Crippen molar-refractivity contribution in [2.45, 2.75) is 19.8 Å². The molecule has 0 aromatic carbocycles. The molecule has 1 rings (SSSR count). The Kier molecular flexibility index (Phi) is 2.65. The highest BCUT2D eigenvalue weighted by Crippen LogP contribution is 2.26. The van der Waals surface area contributed by atoms with E-state index in [9.17, 15) is 14.4 Å². The second kappa shape index (κ2) is 3.55. The first-order chi connectivity index (χ1) is 6.00. The molecule has 13 heavy (non-hydrogen) atoms. The summed E-state index contributed by atoms with van der Waals surface area (Å²) in [5.41, 5.74) is 0. The first-order valence-electron chi connectivity index (χ1n) is 3.97. The van der Waals surface area contributed by atoms with Crippen LogP contribution in [0.3, 0.4) is 0 Å². The Bertz CT molecular complexity index is 255. The molecule has 1 saturated heterocycles. The maximum absolute atomic E-state index is 11.0. The summed E-state index contributed by atoms with van der Waals surface area (Å²) in [5, 5.41) is 8.49. The first kappa shape index (κ1) is 9.70. The lowest BCUT2D eigenvalue weighted by Crippen LogP contribution is -2.34. The van der Waals surface area contributed by atoms with Crippen LogP contribution < -0.4 is 0 Å². The molecule has 1 N–H and O–H groups in total. The van der Waals surface area contributed by atoms with Crippen molar-refractivity contribution in [3.63, 3.8) is 0 Å². The van der Waals surface area contributed by atoms with Gasteiger partial charge in [0.2, 0.25) is 0 Å². The number of carbonyl (C=O) groups is 3. The molecule has 1 aliphatic rings. The molecule has 1 fully saturated rings. The smallest absolute Gasteiger partial charge is 0.316 e. The molecule has 0 aromatic rings. The maximum Gasteiger partial charge on any atom is 0.316 e. The Morgan fingerprint density at radius 1 is 1.62 bits per heavy atom. The molecule has 2 atom stereocenters. The van der Waals surface area contributed by atoms with Crippen molar-refractivity contribution in [2.24, 2.45) is 11.8 Å². The van der Waals surface area contributed by atoms with Gasteiger partial charge in [0.25, 0.3) is 0 Å². The number of aliphatic carboxylic acids is 1. The molecule has 0 aliphatic carbocycles. The van der Waals surface area contributed by atoms with Crippen LogP contribution in [0.1, 0.15) is 19.8 Å². The molecule has 0 saturated carbocycles. The van der Waals surface area contributed by atoms with E-state index < -0.39 is 29.7 Å². The number of carbonyl (C=O) groups excluding carboxylic acids is 2. The lowest BCUT2D eigenvalue weighted by atomic mass is 9.86. The van der Waals surface area contributed by atoms with Gasteiger partial charge in [0, 0.05) is 6.42 Å². The number of esters is 2. The zero-order chi connectivity index (χ0) is 10.0. The Morgan fingerprint density at radius 2 is 2.23 bits per heavy atom. The summed E-state index contributed by atoms with van der Waals surface area (Å²) in [6.45, 7) is 1.57. The van der Waals surface area contributed by atoms with Crippen molar-refractivity contribution < 1.29 is 24.2 Å². The van der Waals surface area contributed by atoms with Gasteiger partial charge in [-0.15, -0.1) is 0 Å². The van der Waals surface area contributed by atoms with Crippen LogP contribution in [-0.4, -0.2) is 23.0 Å². The van der Waals surface area contributed by atoms with Crippen molar-refractivity contribution in [3.8, 4) is 0 Å². The van der Waals surface area contributed by atoms with Gasteiger partial charge in [-0.2, -0.15) is 0 Å². The Labute approximate surface area is 74.7 Å². The molecule has 5 nitrogen and oxygen atoms in total. The lowest BCUT2D eigenvalue weighted by molar-refractivity contribution is -0.170. The van der Waals surface area contributed by atoms with Crippen molar-refractivity contribution in [3.05, 3.63) is 0 Å². The number of cyclic esters (lactones) is 2. The molecule has 0 aromatic heterocycles. The molecular formula is C8H10O5. The number of ether oxygens (including phenoxy) is 1. The van der Waals surface area contributed by atoms with Gasteiger partial charge in [0.15, 0.2) is 0 Å². The minimum atomic E-state index is -1.00. The standard InChI is InChI=1S/C8H10O5/c1-4-5(2-6(9)10)3-7(11)13-8(4)12/h4-5H,2-3H2,1H3,(H,9,10). The Hall–Kier alpha value is -1.39. The van der Waals surface area contributed by atoms with Crippen molar-refractivity contribution in [2.75, 3.05) is 0 Å². The van der Waals surface area contributed by atoms with Gasteiger partial charge in [-0.1, -0.05) is 6.92 Å². The molecule has 0 bridgehead atoms. The van der Waals surface area contributed by atoms with E-state index in [4.69, 9.17) is 5.11 Å². The second-order valence-electron chi connectivity index (χ2n) is 3.14. The quantitative estimate of drug-likeness (QED) is 0.491. The zero-order valence-electron chi connectivity index (χ0n) is 7.15. The monoisotopic (exact) mass is 186 g/mol. The second-order valence-corrected chi connectivity index (χ2v) is 3.14.